The second-order valence-electron chi connectivity index (χ2n) is 6.49. The number of carbonyl (C=O) groups excluding carboxylic acids is 1. The molecule has 0 fully saturated rings. The highest BCUT2D eigenvalue weighted by Crippen LogP contribution is 2.38. The topological polar surface area (TPSA) is 74.2 Å². The van der Waals surface area contributed by atoms with Crippen LogP contribution in [-0.4, -0.2) is 38.3 Å². The standard InChI is InChI=1S/C22H26I2O6/c1-5-7-29-21-15(23)9-13(11-17(21)27-3)19(25)20(26)14-10-16(24)22(30-8-6-2)18(12-14)28-4/h9-12,19,25H,5-8H2,1-4H3. The Morgan fingerprint density at radius 1 is 0.900 bits per heavy atom. The van der Waals surface area contributed by atoms with Crippen molar-refractivity contribution in [2.24, 2.45) is 0 Å². The molecule has 8 heteroatoms. The van der Waals surface area contributed by atoms with Crippen molar-refractivity contribution in [3.05, 3.63) is 42.5 Å². The third-order valence-electron chi connectivity index (χ3n) is 4.23. The van der Waals surface area contributed by atoms with Gasteiger partial charge >= 0.3 is 0 Å². The monoisotopic (exact) mass is 640 g/mol. The lowest BCUT2D eigenvalue weighted by atomic mass is 9.99. The van der Waals surface area contributed by atoms with Crippen LogP contribution in [0.15, 0.2) is 24.3 Å². The molecule has 1 atom stereocenters. The number of ketones is 1. The van der Waals surface area contributed by atoms with Crippen molar-refractivity contribution in [2.75, 3.05) is 27.4 Å². The minimum atomic E-state index is -1.35. The molecule has 0 saturated carbocycles. The van der Waals surface area contributed by atoms with Crippen molar-refractivity contribution in [3.8, 4) is 23.0 Å². The van der Waals surface area contributed by atoms with Gasteiger partial charge in [0.15, 0.2) is 28.8 Å². The van der Waals surface area contributed by atoms with Crippen molar-refractivity contribution >= 4 is 51.0 Å². The van der Waals surface area contributed by atoms with E-state index in [4.69, 9.17) is 18.9 Å². The van der Waals surface area contributed by atoms with Crippen LogP contribution in [0, 0.1) is 7.14 Å². The van der Waals surface area contributed by atoms with Crippen molar-refractivity contribution in [1.29, 1.82) is 0 Å². The second-order valence-corrected chi connectivity index (χ2v) is 8.81. The smallest absolute Gasteiger partial charge is 0.195 e. The SMILES string of the molecule is CCCOc1c(I)cc(C(=O)C(O)c2cc(I)c(OCCC)c(OC)c2)cc1OC. The highest BCUT2D eigenvalue weighted by atomic mass is 127. The number of ether oxygens (including phenoxy) is 4. The molecule has 0 amide bonds. The lowest BCUT2D eigenvalue weighted by Gasteiger charge is -2.18. The highest BCUT2D eigenvalue weighted by molar-refractivity contribution is 14.1. The number of aliphatic hydroxyl groups is 1. The number of halogens is 2. The molecule has 0 heterocycles. The van der Waals surface area contributed by atoms with E-state index >= 15 is 0 Å². The van der Waals surface area contributed by atoms with Gasteiger partial charge in [-0.05, 0) is 87.9 Å². The van der Waals surface area contributed by atoms with Crippen LogP contribution in [0.4, 0.5) is 0 Å². The molecule has 0 bridgehead atoms. The minimum absolute atomic E-state index is 0.341. The maximum atomic E-state index is 13.0. The predicted octanol–water partition coefficient (Wildman–Crippen LogP) is 5.41. The molecule has 0 saturated heterocycles. The van der Waals surface area contributed by atoms with Gasteiger partial charge in [-0.25, -0.2) is 0 Å². The van der Waals surface area contributed by atoms with Gasteiger partial charge in [0.2, 0.25) is 0 Å². The maximum Gasteiger partial charge on any atom is 0.195 e. The summed E-state index contributed by atoms with van der Waals surface area (Å²) in [6.45, 7) is 5.14. The first-order valence-electron chi connectivity index (χ1n) is 9.60. The average Bonchev–Trinajstić information content (AvgIpc) is 2.75. The number of Topliss-reactive ketones (excluding diaryl/α,β-unsaturated/α-hetero) is 1. The Balaban J connectivity index is 2.37. The van der Waals surface area contributed by atoms with Crippen molar-refractivity contribution in [1.82, 2.24) is 0 Å². The van der Waals surface area contributed by atoms with E-state index in [0.717, 1.165) is 20.0 Å². The number of carbonyl (C=O) groups is 1. The quantitative estimate of drug-likeness (QED) is 0.262. The third kappa shape index (κ3) is 5.91. The number of aliphatic hydroxyl groups excluding tert-OH is 1. The van der Waals surface area contributed by atoms with Gasteiger partial charge in [0.05, 0.1) is 34.6 Å². The fourth-order valence-electron chi connectivity index (χ4n) is 2.76. The van der Waals surface area contributed by atoms with Crippen LogP contribution < -0.4 is 18.9 Å². The van der Waals surface area contributed by atoms with Crippen LogP contribution >= 0.6 is 45.2 Å². The largest absolute Gasteiger partial charge is 0.493 e. The molecule has 0 aliphatic rings. The highest BCUT2D eigenvalue weighted by Gasteiger charge is 2.25. The van der Waals surface area contributed by atoms with Gasteiger partial charge in [-0.1, -0.05) is 13.8 Å². The zero-order valence-corrected chi connectivity index (χ0v) is 21.8. The zero-order chi connectivity index (χ0) is 22.3. The Morgan fingerprint density at radius 3 is 1.90 bits per heavy atom. The summed E-state index contributed by atoms with van der Waals surface area (Å²) in [5, 5.41) is 10.8. The fraction of sp³-hybridized carbons (Fsp3) is 0.409. The lowest BCUT2D eigenvalue weighted by Crippen LogP contribution is -2.14. The Hall–Kier alpha value is -1.27. The van der Waals surface area contributed by atoms with E-state index in [1.165, 1.54) is 14.2 Å². The summed E-state index contributed by atoms with van der Waals surface area (Å²) in [6, 6.07) is 6.66. The van der Waals surface area contributed by atoms with Crippen LogP contribution in [0.5, 0.6) is 23.0 Å². The molecule has 2 aromatic rings. The molecular weight excluding hydrogens is 614 g/mol. The summed E-state index contributed by atoms with van der Waals surface area (Å²) in [6.07, 6.45) is 0.369. The van der Waals surface area contributed by atoms with E-state index in [1.807, 2.05) is 13.8 Å². The van der Waals surface area contributed by atoms with Crippen LogP contribution in [0.2, 0.25) is 0 Å². The van der Waals surface area contributed by atoms with Gasteiger partial charge in [-0.2, -0.15) is 0 Å². The number of rotatable bonds is 11. The predicted molar refractivity (Wildman–Crippen MR) is 132 cm³/mol. The fourth-order valence-corrected chi connectivity index (χ4v) is 4.30. The van der Waals surface area contributed by atoms with Crippen molar-refractivity contribution in [3.63, 3.8) is 0 Å². The summed E-state index contributed by atoms with van der Waals surface area (Å²) in [5.74, 6) is 1.71. The van der Waals surface area contributed by atoms with E-state index < -0.39 is 11.9 Å². The second kappa shape index (κ2) is 11.9. The number of hydrogen-bond donors (Lipinski definition) is 1. The summed E-state index contributed by atoms with van der Waals surface area (Å²) in [7, 11) is 3.06. The molecule has 2 aromatic carbocycles. The summed E-state index contributed by atoms with van der Waals surface area (Å²) >= 11 is 4.22. The molecule has 0 aliphatic carbocycles. The molecule has 2 rings (SSSR count). The van der Waals surface area contributed by atoms with Gasteiger partial charge in [-0.3, -0.25) is 4.79 Å². The molecule has 6 nitrogen and oxygen atoms in total. The van der Waals surface area contributed by atoms with Gasteiger partial charge in [0.25, 0.3) is 0 Å². The molecule has 0 radical (unpaired) electrons. The first kappa shape index (κ1) is 25.0. The summed E-state index contributed by atoms with van der Waals surface area (Å²) in [5.41, 5.74) is 0.776. The molecule has 1 unspecified atom stereocenters. The normalized spacial score (nSPS) is 11.7. The van der Waals surface area contributed by atoms with Crippen LogP contribution in [-0.2, 0) is 0 Å². The average molecular weight is 640 g/mol. The Labute approximate surface area is 204 Å². The van der Waals surface area contributed by atoms with Crippen molar-refractivity contribution in [2.45, 2.75) is 32.8 Å². The molecule has 30 heavy (non-hydrogen) atoms. The first-order chi connectivity index (χ1) is 14.4. The third-order valence-corrected chi connectivity index (χ3v) is 5.83. The summed E-state index contributed by atoms with van der Waals surface area (Å²) < 4.78 is 23.8. The number of hydrogen-bond acceptors (Lipinski definition) is 6. The summed E-state index contributed by atoms with van der Waals surface area (Å²) in [4.78, 5) is 13.0. The van der Waals surface area contributed by atoms with Gasteiger partial charge in [0, 0.05) is 5.56 Å². The molecule has 0 spiro atoms. The zero-order valence-electron chi connectivity index (χ0n) is 17.5. The van der Waals surface area contributed by atoms with E-state index in [9.17, 15) is 9.90 Å². The number of benzene rings is 2. The van der Waals surface area contributed by atoms with E-state index in [1.54, 1.807) is 24.3 Å². The van der Waals surface area contributed by atoms with E-state index in [2.05, 4.69) is 45.2 Å². The van der Waals surface area contributed by atoms with Crippen LogP contribution in [0.1, 0.15) is 48.7 Å². The van der Waals surface area contributed by atoms with Crippen molar-refractivity contribution < 1.29 is 28.8 Å². The first-order valence-corrected chi connectivity index (χ1v) is 11.8. The van der Waals surface area contributed by atoms with E-state index in [0.29, 0.717) is 47.3 Å². The Morgan fingerprint density at radius 2 is 1.40 bits per heavy atom. The molecule has 164 valence electrons. The molecule has 1 N–H and O–H groups in total. The Bertz CT molecular complexity index is 884. The lowest BCUT2D eigenvalue weighted by molar-refractivity contribution is 0.0746. The van der Waals surface area contributed by atoms with Crippen LogP contribution in [0.25, 0.3) is 0 Å². The van der Waals surface area contributed by atoms with Crippen LogP contribution in [0.3, 0.4) is 0 Å². The van der Waals surface area contributed by atoms with E-state index in [-0.39, 0.29) is 0 Å². The van der Waals surface area contributed by atoms with Gasteiger partial charge in [0.1, 0.15) is 6.10 Å². The Kier molecular flexibility index (Phi) is 9.95. The molecule has 0 aromatic heterocycles. The van der Waals surface area contributed by atoms with Gasteiger partial charge in [-0.15, -0.1) is 0 Å². The molecular formula is C22H26I2O6. The minimum Gasteiger partial charge on any atom is -0.493 e. The van der Waals surface area contributed by atoms with Gasteiger partial charge < -0.3 is 24.1 Å². The maximum absolute atomic E-state index is 13.0. The number of methoxy groups -OCH3 is 2. The molecule has 0 aliphatic heterocycles.